The molecule has 0 heterocycles. The molecule has 0 N–H and O–H groups in total. The van der Waals surface area contributed by atoms with E-state index in [-0.39, 0.29) is 19.4 Å². The molecule has 0 aliphatic carbocycles. The van der Waals surface area contributed by atoms with Gasteiger partial charge in [0.05, 0.1) is 13.0 Å². The predicted molar refractivity (Wildman–Crippen MR) is 56.8 cm³/mol. The Hall–Kier alpha value is -0.610. The molecule has 0 spiro atoms. The van der Waals surface area contributed by atoms with Gasteiger partial charge in [-0.05, 0) is 18.0 Å². The van der Waals surface area contributed by atoms with Crippen molar-refractivity contribution >= 4 is 22.8 Å². The van der Waals surface area contributed by atoms with E-state index < -0.39 is 11.2 Å². The zero-order chi connectivity index (χ0) is 11.5. The van der Waals surface area contributed by atoms with Gasteiger partial charge in [-0.1, -0.05) is 13.3 Å². The fraction of sp³-hybridized carbons (Fsp3) is 0.800. The lowest BCUT2D eigenvalue weighted by Gasteiger charge is -2.04. The third kappa shape index (κ3) is 11.3. The van der Waals surface area contributed by atoms with Crippen molar-refractivity contribution in [3.05, 3.63) is 0 Å². The minimum absolute atomic E-state index is 0.0249. The Kier molecular flexibility index (Phi) is 9.52. The van der Waals surface area contributed by atoms with E-state index in [1.165, 1.54) is 0 Å². The standard InChI is InChI=1S/C10H17ClO4/c1-2-3-6-14-7-8-15-10(13)5-4-9(11)12/h2-8H2,1H3. The zero-order valence-electron chi connectivity index (χ0n) is 8.96. The van der Waals surface area contributed by atoms with Crippen molar-refractivity contribution in [3.8, 4) is 0 Å². The number of hydrogen-bond donors (Lipinski definition) is 0. The van der Waals surface area contributed by atoms with Crippen molar-refractivity contribution in [2.24, 2.45) is 0 Å². The second-order valence-electron chi connectivity index (χ2n) is 3.04. The molecule has 4 nitrogen and oxygen atoms in total. The first-order valence-corrected chi connectivity index (χ1v) is 5.46. The van der Waals surface area contributed by atoms with Crippen LogP contribution in [0, 0.1) is 0 Å². The number of hydrogen-bond acceptors (Lipinski definition) is 4. The van der Waals surface area contributed by atoms with Gasteiger partial charge in [0, 0.05) is 13.0 Å². The van der Waals surface area contributed by atoms with Crippen LogP contribution in [0.2, 0.25) is 0 Å². The third-order valence-corrected chi connectivity index (χ3v) is 1.85. The highest BCUT2D eigenvalue weighted by Gasteiger charge is 2.05. The quantitative estimate of drug-likeness (QED) is 0.349. The van der Waals surface area contributed by atoms with Crippen molar-refractivity contribution in [1.82, 2.24) is 0 Å². The number of halogens is 1. The monoisotopic (exact) mass is 236 g/mol. The number of carbonyl (C=O) groups is 2. The molecule has 0 atom stereocenters. The molecule has 0 saturated heterocycles. The summed E-state index contributed by atoms with van der Waals surface area (Å²) >= 11 is 5.07. The van der Waals surface area contributed by atoms with Crippen molar-refractivity contribution < 1.29 is 19.1 Å². The summed E-state index contributed by atoms with van der Waals surface area (Å²) in [7, 11) is 0. The van der Waals surface area contributed by atoms with Gasteiger partial charge in [-0.25, -0.2) is 0 Å². The molecular weight excluding hydrogens is 220 g/mol. The Morgan fingerprint density at radius 1 is 1.13 bits per heavy atom. The van der Waals surface area contributed by atoms with E-state index in [0.717, 1.165) is 12.8 Å². The van der Waals surface area contributed by atoms with Crippen molar-refractivity contribution in [1.29, 1.82) is 0 Å². The summed E-state index contributed by atoms with van der Waals surface area (Å²) < 4.78 is 9.98. The second-order valence-corrected chi connectivity index (χ2v) is 3.46. The second kappa shape index (κ2) is 9.93. The number of rotatable bonds is 9. The summed E-state index contributed by atoms with van der Waals surface area (Å²) in [6.07, 6.45) is 2.15. The Balaban J connectivity index is 3.20. The Labute approximate surface area is 94.9 Å². The van der Waals surface area contributed by atoms with E-state index in [2.05, 4.69) is 6.92 Å². The van der Waals surface area contributed by atoms with E-state index in [0.29, 0.717) is 13.2 Å². The van der Waals surface area contributed by atoms with Gasteiger partial charge in [0.1, 0.15) is 6.61 Å². The Bertz CT molecular complexity index is 194. The summed E-state index contributed by atoms with van der Waals surface area (Å²) in [6.45, 7) is 3.40. The topological polar surface area (TPSA) is 52.6 Å². The van der Waals surface area contributed by atoms with Crippen LogP contribution in [0.25, 0.3) is 0 Å². The van der Waals surface area contributed by atoms with Crippen LogP contribution in [0.15, 0.2) is 0 Å². The maximum absolute atomic E-state index is 10.9. The largest absolute Gasteiger partial charge is 0.463 e. The van der Waals surface area contributed by atoms with Gasteiger partial charge in [0.2, 0.25) is 5.24 Å². The van der Waals surface area contributed by atoms with E-state index in [1.54, 1.807) is 0 Å². The van der Waals surface area contributed by atoms with Gasteiger partial charge >= 0.3 is 5.97 Å². The molecule has 0 aromatic carbocycles. The Morgan fingerprint density at radius 2 is 1.87 bits per heavy atom. The molecule has 0 amide bonds. The van der Waals surface area contributed by atoms with Gasteiger partial charge in [-0.2, -0.15) is 0 Å². The predicted octanol–water partition coefficient (Wildman–Crippen LogP) is 1.89. The number of unbranched alkanes of at least 4 members (excludes halogenated alkanes) is 1. The van der Waals surface area contributed by atoms with Crippen LogP contribution in [0.5, 0.6) is 0 Å². The summed E-state index contributed by atoms with van der Waals surface area (Å²) in [5.74, 6) is -0.414. The van der Waals surface area contributed by atoms with Gasteiger partial charge in [-0.3, -0.25) is 9.59 Å². The highest BCUT2D eigenvalue weighted by Crippen LogP contribution is 1.97. The first-order valence-electron chi connectivity index (χ1n) is 5.08. The normalized spacial score (nSPS) is 10.0. The number of carbonyl (C=O) groups excluding carboxylic acids is 2. The highest BCUT2D eigenvalue weighted by atomic mass is 35.5. The van der Waals surface area contributed by atoms with Crippen LogP contribution >= 0.6 is 11.6 Å². The average Bonchev–Trinajstić information content (AvgIpc) is 2.20. The van der Waals surface area contributed by atoms with E-state index in [1.807, 2.05) is 0 Å². The Morgan fingerprint density at radius 3 is 2.47 bits per heavy atom. The fourth-order valence-electron chi connectivity index (χ4n) is 0.835. The molecule has 0 radical (unpaired) electrons. The van der Waals surface area contributed by atoms with Crippen LogP contribution in [-0.2, 0) is 19.1 Å². The molecule has 0 saturated carbocycles. The van der Waals surface area contributed by atoms with Crippen LogP contribution in [0.1, 0.15) is 32.6 Å². The molecule has 88 valence electrons. The average molecular weight is 237 g/mol. The van der Waals surface area contributed by atoms with E-state index >= 15 is 0 Å². The van der Waals surface area contributed by atoms with Gasteiger partial charge in [0.25, 0.3) is 0 Å². The number of esters is 1. The molecule has 0 unspecified atom stereocenters. The van der Waals surface area contributed by atoms with Gasteiger partial charge in [-0.15, -0.1) is 0 Å². The van der Waals surface area contributed by atoms with Crippen LogP contribution in [0.3, 0.4) is 0 Å². The SMILES string of the molecule is CCCCOCCOC(=O)CCC(=O)Cl. The maximum Gasteiger partial charge on any atom is 0.306 e. The first kappa shape index (κ1) is 14.4. The lowest BCUT2D eigenvalue weighted by Crippen LogP contribution is -2.11. The summed E-state index contributed by atoms with van der Waals surface area (Å²) in [5.41, 5.74) is 0. The molecule has 0 aliphatic heterocycles. The molecule has 5 heteroatoms. The minimum Gasteiger partial charge on any atom is -0.463 e. The van der Waals surface area contributed by atoms with Gasteiger partial charge in [0.15, 0.2) is 0 Å². The summed E-state index contributed by atoms with van der Waals surface area (Å²) in [5, 5.41) is -0.522. The molecular formula is C10H17ClO4. The number of ether oxygens (including phenoxy) is 2. The van der Waals surface area contributed by atoms with Crippen molar-refractivity contribution in [2.45, 2.75) is 32.6 Å². The fourth-order valence-corrected chi connectivity index (χ4v) is 0.930. The van der Waals surface area contributed by atoms with Gasteiger partial charge < -0.3 is 9.47 Å². The van der Waals surface area contributed by atoms with Crippen LogP contribution < -0.4 is 0 Å². The summed E-state index contributed by atoms with van der Waals surface area (Å²) in [6, 6.07) is 0. The van der Waals surface area contributed by atoms with Crippen LogP contribution in [0.4, 0.5) is 0 Å². The molecule has 0 fully saturated rings. The highest BCUT2D eigenvalue weighted by molar-refractivity contribution is 6.63. The lowest BCUT2D eigenvalue weighted by molar-refractivity contribution is -0.145. The minimum atomic E-state index is -0.522. The molecule has 0 aromatic rings. The molecule has 15 heavy (non-hydrogen) atoms. The van der Waals surface area contributed by atoms with E-state index in [9.17, 15) is 9.59 Å². The molecule has 0 rings (SSSR count). The zero-order valence-corrected chi connectivity index (χ0v) is 9.72. The third-order valence-electron chi connectivity index (χ3n) is 1.66. The maximum atomic E-state index is 10.9. The van der Waals surface area contributed by atoms with Crippen LogP contribution in [-0.4, -0.2) is 31.0 Å². The van der Waals surface area contributed by atoms with E-state index in [4.69, 9.17) is 21.1 Å². The van der Waals surface area contributed by atoms with Crippen molar-refractivity contribution in [2.75, 3.05) is 19.8 Å². The van der Waals surface area contributed by atoms with Crippen molar-refractivity contribution in [3.63, 3.8) is 0 Å². The smallest absolute Gasteiger partial charge is 0.306 e. The summed E-state index contributed by atoms with van der Waals surface area (Å²) in [4.78, 5) is 21.3. The first-order chi connectivity index (χ1) is 7.16. The lowest BCUT2D eigenvalue weighted by atomic mass is 10.3. The molecule has 0 aliphatic rings. The molecule has 0 aromatic heterocycles. The molecule has 0 bridgehead atoms.